The van der Waals surface area contributed by atoms with Gasteiger partial charge in [0, 0.05) is 25.6 Å². The second-order valence-corrected chi connectivity index (χ2v) is 7.75. The van der Waals surface area contributed by atoms with Gasteiger partial charge in [0.25, 0.3) is 0 Å². The number of carbonyl (C=O) groups is 3. The minimum Gasteiger partial charge on any atom is -0.404 e. The predicted molar refractivity (Wildman–Crippen MR) is 112 cm³/mol. The zero-order chi connectivity index (χ0) is 23.0. The molecular weight excluding hydrogens is 427 g/mol. The maximum Gasteiger partial charge on any atom is 0.524 e. The highest BCUT2D eigenvalue weighted by Crippen LogP contribution is 2.37. The average Bonchev–Trinajstić information content (AvgIpc) is 2.65. The molecule has 0 saturated carbocycles. The molecule has 31 heavy (non-hydrogen) atoms. The van der Waals surface area contributed by atoms with Crippen LogP contribution in [0.2, 0.25) is 0 Å². The van der Waals surface area contributed by atoms with Gasteiger partial charge in [-0.15, -0.1) is 0 Å². The molecule has 0 aliphatic heterocycles. The van der Waals surface area contributed by atoms with Crippen LogP contribution >= 0.6 is 7.82 Å². The number of anilines is 1. The number of hydrogen-bond acceptors (Lipinski definition) is 5. The number of rotatable bonds is 9. The Morgan fingerprint density at radius 3 is 2.35 bits per heavy atom. The fourth-order valence-electron chi connectivity index (χ4n) is 2.73. The number of phosphoric ester groups is 1. The van der Waals surface area contributed by atoms with Gasteiger partial charge in [-0.2, -0.15) is 0 Å². The van der Waals surface area contributed by atoms with Gasteiger partial charge in [-0.05, 0) is 35.4 Å². The molecule has 0 spiro atoms. The van der Waals surface area contributed by atoms with E-state index in [9.17, 15) is 18.9 Å². The molecule has 0 saturated heterocycles. The Labute approximate surface area is 178 Å². The van der Waals surface area contributed by atoms with E-state index < -0.39 is 31.7 Å². The molecule has 4 amide bonds. The van der Waals surface area contributed by atoms with Crippen molar-refractivity contribution in [2.45, 2.75) is 25.9 Å². The minimum atomic E-state index is -4.67. The first-order valence-corrected chi connectivity index (χ1v) is 10.6. The van der Waals surface area contributed by atoms with Crippen LogP contribution in [0, 0.1) is 0 Å². The van der Waals surface area contributed by atoms with Gasteiger partial charge in [-0.25, -0.2) is 9.36 Å². The van der Waals surface area contributed by atoms with Gasteiger partial charge in [-0.1, -0.05) is 24.3 Å². The highest BCUT2D eigenvalue weighted by molar-refractivity contribution is 7.46. The van der Waals surface area contributed by atoms with Crippen molar-refractivity contribution in [1.29, 1.82) is 0 Å². The molecule has 0 aliphatic carbocycles. The molecule has 166 valence electrons. The first-order chi connectivity index (χ1) is 14.5. The molecule has 7 N–H and O–H groups in total. The minimum absolute atomic E-state index is 0.0259. The Kier molecular flexibility index (Phi) is 8.14. The number of hydrogen-bond donors (Lipinski definition) is 6. The predicted octanol–water partition coefficient (Wildman–Crippen LogP) is 1.01. The number of benzene rings is 2. The molecule has 1 atom stereocenters. The molecular formula is C19H23N4O7P. The fraction of sp³-hybridized carbons (Fsp3) is 0.211. The van der Waals surface area contributed by atoms with Crippen LogP contribution in [0.3, 0.4) is 0 Å². The van der Waals surface area contributed by atoms with Gasteiger partial charge in [0.15, 0.2) is 0 Å². The van der Waals surface area contributed by atoms with Crippen molar-refractivity contribution >= 4 is 31.4 Å². The lowest BCUT2D eigenvalue weighted by Crippen LogP contribution is -2.47. The number of nitrogens with two attached hydrogens (primary N) is 1. The van der Waals surface area contributed by atoms with E-state index in [-0.39, 0.29) is 18.7 Å². The smallest absolute Gasteiger partial charge is 0.404 e. The summed E-state index contributed by atoms with van der Waals surface area (Å²) in [5.41, 5.74) is 6.92. The monoisotopic (exact) mass is 450 g/mol. The normalized spacial score (nSPS) is 11.8. The summed E-state index contributed by atoms with van der Waals surface area (Å²) in [4.78, 5) is 52.8. The molecule has 12 heteroatoms. The lowest BCUT2D eigenvalue weighted by Gasteiger charge is -2.18. The van der Waals surface area contributed by atoms with Crippen LogP contribution < -0.4 is 26.2 Å². The molecule has 2 aromatic carbocycles. The van der Waals surface area contributed by atoms with Crippen LogP contribution in [-0.4, -0.2) is 33.7 Å². The Hall–Kier alpha value is -3.40. The van der Waals surface area contributed by atoms with E-state index in [1.165, 1.54) is 31.2 Å². The summed E-state index contributed by atoms with van der Waals surface area (Å²) in [6.07, 6.45) is 0.144. The van der Waals surface area contributed by atoms with Gasteiger partial charge >= 0.3 is 13.9 Å². The quantitative estimate of drug-likeness (QED) is 0.308. The Morgan fingerprint density at radius 1 is 1.10 bits per heavy atom. The molecule has 2 aromatic rings. The number of primary amides is 1. The Bertz CT molecular complexity index is 991. The third kappa shape index (κ3) is 8.87. The Balaban J connectivity index is 2.03. The summed E-state index contributed by atoms with van der Waals surface area (Å²) in [5, 5.41) is 7.74. The molecule has 0 radical (unpaired) electrons. The van der Waals surface area contributed by atoms with E-state index in [1.807, 2.05) is 0 Å². The second kappa shape index (κ2) is 10.6. The van der Waals surface area contributed by atoms with Crippen LogP contribution in [0.15, 0.2) is 48.5 Å². The average molecular weight is 450 g/mol. The van der Waals surface area contributed by atoms with Crippen molar-refractivity contribution in [2.24, 2.45) is 5.73 Å². The van der Waals surface area contributed by atoms with Gasteiger partial charge in [-0.3, -0.25) is 19.4 Å². The summed E-state index contributed by atoms with van der Waals surface area (Å²) in [7, 11) is -4.67. The zero-order valence-corrected chi connectivity index (χ0v) is 17.5. The number of phosphoric acid groups is 1. The molecule has 0 aliphatic rings. The van der Waals surface area contributed by atoms with Crippen molar-refractivity contribution < 1.29 is 33.3 Å². The van der Waals surface area contributed by atoms with Crippen molar-refractivity contribution in [2.75, 3.05) is 5.32 Å². The SMILES string of the molecule is CC(=O)N[C@@H](Cc1ccc(OP(=O)(O)O)cc1)C(=O)NCc1cccc(NC(N)=O)c1. The highest BCUT2D eigenvalue weighted by atomic mass is 31.2. The van der Waals surface area contributed by atoms with Crippen molar-refractivity contribution in [3.63, 3.8) is 0 Å². The molecule has 0 heterocycles. The topological polar surface area (TPSA) is 180 Å². The zero-order valence-electron chi connectivity index (χ0n) is 16.6. The second-order valence-electron chi connectivity index (χ2n) is 6.59. The van der Waals surface area contributed by atoms with Crippen LogP contribution in [0.4, 0.5) is 10.5 Å². The third-order valence-corrected chi connectivity index (χ3v) is 4.39. The summed E-state index contributed by atoms with van der Waals surface area (Å²) in [6.45, 7) is 1.44. The summed E-state index contributed by atoms with van der Waals surface area (Å²) < 4.78 is 15.4. The summed E-state index contributed by atoms with van der Waals surface area (Å²) in [5.74, 6) is -0.852. The summed E-state index contributed by atoms with van der Waals surface area (Å²) >= 11 is 0. The lowest BCUT2D eigenvalue weighted by molar-refractivity contribution is -0.128. The van der Waals surface area contributed by atoms with E-state index in [0.717, 1.165) is 0 Å². The molecule has 0 aromatic heterocycles. The van der Waals surface area contributed by atoms with Crippen LogP contribution in [0.25, 0.3) is 0 Å². The maximum atomic E-state index is 12.6. The van der Waals surface area contributed by atoms with E-state index in [0.29, 0.717) is 16.8 Å². The molecule has 11 nitrogen and oxygen atoms in total. The fourth-order valence-corrected chi connectivity index (χ4v) is 3.12. The first-order valence-electron chi connectivity index (χ1n) is 9.06. The van der Waals surface area contributed by atoms with E-state index in [2.05, 4.69) is 20.5 Å². The van der Waals surface area contributed by atoms with E-state index >= 15 is 0 Å². The molecule has 0 fully saturated rings. The van der Waals surface area contributed by atoms with Gasteiger partial charge in [0.1, 0.15) is 11.8 Å². The number of amides is 4. The standard InChI is InChI=1S/C19H23N4O7P/c1-12(24)22-17(10-13-5-7-16(8-6-13)30-31(27,28)29)18(25)21-11-14-3-2-4-15(9-14)23-19(20)26/h2-9,17H,10-11H2,1H3,(H,21,25)(H,22,24)(H3,20,23,26)(H2,27,28,29)/t17-/m0/s1. The van der Waals surface area contributed by atoms with Crippen LogP contribution in [0.1, 0.15) is 18.1 Å². The number of nitrogens with one attached hydrogen (secondary N) is 3. The van der Waals surface area contributed by atoms with Crippen LogP contribution in [0.5, 0.6) is 5.75 Å². The maximum absolute atomic E-state index is 12.6. The van der Waals surface area contributed by atoms with E-state index in [1.54, 1.807) is 24.3 Å². The largest absolute Gasteiger partial charge is 0.524 e. The third-order valence-electron chi connectivity index (χ3n) is 3.94. The molecule has 2 rings (SSSR count). The Morgan fingerprint density at radius 2 is 1.77 bits per heavy atom. The van der Waals surface area contributed by atoms with Crippen molar-refractivity contribution in [3.8, 4) is 5.75 Å². The van der Waals surface area contributed by atoms with Gasteiger partial charge < -0.3 is 26.2 Å². The highest BCUT2D eigenvalue weighted by Gasteiger charge is 2.20. The van der Waals surface area contributed by atoms with Gasteiger partial charge in [0.2, 0.25) is 11.8 Å². The van der Waals surface area contributed by atoms with Crippen molar-refractivity contribution in [3.05, 3.63) is 59.7 Å². The lowest BCUT2D eigenvalue weighted by atomic mass is 10.0. The van der Waals surface area contributed by atoms with E-state index in [4.69, 9.17) is 15.5 Å². The molecule has 0 bridgehead atoms. The number of urea groups is 1. The van der Waals surface area contributed by atoms with Gasteiger partial charge in [0.05, 0.1) is 0 Å². The summed E-state index contributed by atoms with van der Waals surface area (Å²) in [6, 6.07) is 10.9. The first kappa shape index (κ1) is 23.9. The number of carbonyl (C=O) groups excluding carboxylic acids is 3. The molecule has 0 unspecified atom stereocenters. The van der Waals surface area contributed by atoms with Crippen LogP contribution in [-0.2, 0) is 27.1 Å². The van der Waals surface area contributed by atoms with Crippen molar-refractivity contribution in [1.82, 2.24) is 10.6 Å².